The largest absolute Gasteiger partial charge is 0.417 e. The number of amides is 2. The van der Waals surface area contributed by atoms with Crippen LogP contribution in [0.3, 0.4) is 0 Å². The van der Waals surface area contributed by atoms with Gasteiger partial charge in [0, 0.05) is 34.0 Å². The second kappa shape index (κ2) is 11.1. The van der Waals surface area contributed by atoms with Gasteiger partial charge in [-0.3, -0.25) is 9.59 Å². The highest BCUT2D eigenvalue weighted by atomic mass is 32.1. The van der Waals surface area contributed by atoms with Crippen molar-refractivity contribution < 1.29 is 27.2 Å². The zero-order valence-corrected chi connectivity index (χ0v) is 21.9. The molecule has 0 aliphatic carbocycles. The van der Waals surface area contributed by atoms with Gasteiger partial charge >= 0.3 is 6.18 Å². The van der Waals surface area contributed by atoms with Crippen molar-refractivity contribution >= 4 is 45.1 Å². The zero-order chi connectivity index (χ0) is 28.4. The third kappa shape index (κ3) is 6.15. The minimum Gasteiger partial charge on any atom is -0.384 e. The molecule has 11 heteroatoms. The predicted molar refractivity (Wildman–Crippen MR) is 147 cm³/mol. The van der Waals surface area contributed by atoms with Crippen LogP contribution in [0.25, 0.3) is 27.3 Å². The van der Waals surface area contributed by atoms with Crippen molar-refractivity contribution in [2.75, 3.05) is 18.8 Å². The Morgan fingerprint density at radius 1 is 1.10 bits per heavy atom. The van der Waals surface area contributed by atoms with Crippen molar-refractivity contribution in [1.29, 1.82) is 0 Å². The number of benzene rings is 2. The van der Waals surface area contributed by atoms with E-state index < -0.39 is 23.8 Å². The molecule has 2 amide bonds. The fourth-order valence-corrected chi connectivity index (χ4v) is 5.59. The van der Waals surface area contributed by atoms with E-state index >= 15 is 0 Å². The first-order valence-electron chi connectivity index (χ1n) is 12.4. The number of thiophene rings is 1. The maximum Gasteiger partial charge on any atom is 0.417 e. The van der Waals surface area contributed by atoms with Crippen molar-refractivity contribution in [2.45, 2.75) is 25.3 Å². The van der Waals surface area contributed by atoms with Crippen LogP contribution in [-0.2, 0) is 17.5 Å². The number of nitrogen functional groups attached to an aromatic ring is 1. The molecule has 5 rings (SSSR count). The molecule has 40 heavy (non-hydrogen) atoms. The summed E-state index contributed by atoms with van der Waals surface area (Å²) in [5.41, 5.74) is 6.65. The number of alkyl halides is 4. The van der Waals surface area contributed by atoms with Crippen LogP contribution in [0.1, 0.15) is 32.8 Å². The molecule has 1 aliphatic rings. The topological polar surface area (TPSA) is 88.3 Å². The SMILES string of the molecule is Nc1ccc(/C=C/C(=O)NCc2cc3cc(-c4ccc(C(=O)N5CC[C@H](F)C5)cc4)cc(C(F)(F)F)c3s2)cn1. The van der Waals surface area contributed by atoms with Gasteiger partial charge in [0.1, 0.15) is 12.0 Å². The Morgan fingerprint density at radius 2 is 1.88 bits per heavy atom. The highest BCUT2D eigenvalue weighted by Gasteiger charge is 2.34. The Kier molecular flexibility index (Phi) is 7.57. The van der Waals surface area contributed by atoms with Crippen molar-refractivity contribution in [1.82, 2.24) is 15.2 Å². The van der Waals surface area contributed by atoms with Gasteiger partial charge in [0.25, 0.3) is 5.91 Å². The van der Waals surface area contributed by atoms with Gasteiger partial charge in [-0.15, -0.1) is 11.3 Å². The molecule has 6 nitrogen and oxygen atoms in total. The fourth-order valence-electron chi connectivity index (χ4n) is 4.48. The van der Waals surface area contributed by atoms with Crippen LogP contribution in [0.5, 0.6) is 0 Å². The summed E-state index contributed by atoms with van der Waals surface area (Å²) in [6.45, 7) is 0.441. The second-order valence-electron chi connectivity index (χ2n) is 9.43. The van der Waals surface area contributed by atoms with Crippen LogP contribution in [-0.4, -0.2) is 41.0 Å². The molecule has 3 N–H and O–H groups in total. The number of carbonyl (C=O) groups excluding carboxylic acids is 2. The standard InChI is InChI=1S/C29H24F4N4O2S/c30-22-9-10-37(16-22)28(39)19-5-3-18(4-6-19)20-11-21-12-23(40-27(21)24(13-20)29(31,32)33)15-36-26(38)8-2-17-1-7-25(34)35-14-17/h1-8,11-14,22H,9-10,15-16H2,(H2,34,35)(H,36,38)/b8-2+/t22-/m0/s1. The number of hydrogen-bond donors (Lipinski definition) is 2. The van der Waals surface area contributed by atoms with E-state index in [4.69, 9.17) is 5.73 Å². The van der Waals surface area contributed by atoms with Crippen LogP contribution in [0.4, 0.5) is 23.4 Å². The van der Waals surface area contributed by atoms with E-state index in [1.165, 1.54) is 17.2 Å². The molecule has 4 aromatic rings. The summed E-state index contributed by atoms with van der Waals surface area (Å²) in [7, 11) is 0. The van der Waals surface area contributed by atoms with E-state index in [1.54, 1.807) is 54.6 Å². The number of nitrogens with two attached hydrogens (primary N) is 1. The van der Waals surface area contributed by atoms with Crippen LogP contribution < -0.4 is 11.1 Å². The fraction of sp³-hybridized carbons (Fsp3) is 0.207. The molecule has 1 fully saturated rings. The van der Waals surface area contributed by atoms with Crippen LogP contribution in [0.2, 0.25) is 0 Å². The van der Waals surface area contributed by atoms with E-state index in [1.807, 2.05) is 0 Å². The molecule has 0 radical (unpaired) electrons. The molecule has 1 atom stereocenters. The summed E-state index contributed by atoms with van der Waals surface area (Å²) in [5, 5.41) is 3.08. The number of carbonyl (C=O) groups is 2. The molecule has 0 bridgehead atoms. The van der Waals surface area contributed by atoms with Gasteiger partial charge in [0.15, 0.2) is 0 Å². The van der Waals surface area contributed by atoms with Gasteiger partial charge in [0.05, 0.1) is 18.7 Å². The number of pyridine rings is 1. The summed E-state index contributed by atoms with van der Waals surface area (Å²) >= 11 is 0.970. The summed E-state index contributed by atoms with van der Waals surface area (Å²) in [4.78, 5) is 30.8. The molecule has 0 unspecified atom stereocenters. The maximum absolute atomic E-state index is 14.0. The van der Waals surface area contributed by atoms with E-state index in [0.717, 1.165) is 17.4 Å². The first-order chi connectivity index (χ1) is 19.1. The second-order valence-corrected chi connectivity index (χ2v) is 10.6. The highest BCUT2D eigenvalue weighted by Crippen LogP contribution is 2.41. The maximum atomic E-state index is 14.0. The van der Waals surface area contributed by atoms with Gasteiger partial charge in [0.2, 0.25) is 5.91 Å². The number of hydrogen-bond acceptors (Lipinski definition) is 5. The summed E-state index contributed by atoms with van der Waals surface area (Å²) < 4.78 is 55.7. The number of halogens is 4. The normalized spacial score (nSPS) is 15.7. The quantitative estimate of drug-likeness (QED) is 0.218. The summed E-state index contributed by atoms with van der Waals surface area (Å²) in [5.74, 6) is -0.353. The molecule has 1 saturated heterocycles. The molecule has 2 aromatic heterocycles. The number of nitrogens with zero attached hydrogens (tertiary/aromatic N) is 2. The lowest BCUT2D eigenvalue weighted by Gasteiger charge is -2.15. The number of aromatic nitrogens is 1. The van der Waals surface area contributed by atoms with E-state index in [0.29, 0.717) is 51.3 Å². The van der Waals surface area contributed by atoms with Crippen molar-refractivity contribution in [3.8, 4) is 11.1 Å². The molecule has 2 aromatic carbocycles. The minimum atomic E-state index is -4.59. The van der Waals surface area contributed by atoms with E-state index in [-0.39, 0.29) is 23.7 Å². The zero-order valence-electron chi connectivity index (χ0n) is 21.0. The molecule has 3 heterocycles. The van der Waals surface area contributed by atoms with Gasteiger partial charge in [-0.25, -0.2) is 9.37 Å². The Bertz CT molecular complexity index is 1580. The van der Waals surface area contributed by atoms with E-state index in [2.05, 4.69) is 10.3 Å². The number of anilines is 1. The van der Waals surface area contributed by atoms with E-state index in [9.17, 15) is 27.2 Å². The summed E-state index contributed by atoms with van der Waals surface area (Å²) in [6.07, 6.45) is -0.946. The Hall–Kier alpha value is -4.25. The molecular formula is C29H24F4N4O2S. The minimum absolute atomic E-state index is 0.0451. The monoisotopic (exact) mass is 568 g/mol. The number of likely N-dealkylation sites (tertiary alicyclic amines) is 1. The Morgan fingerprint density at radius 3 is 2.52 bits per heavy atom. The van der Waals surface area contributed by atoms with Crippen LogP contribution >= 0.6 is 11.3 Å². The van der Waals surface area contributed by atoms with Crippen molar-refractivity contribution in [3.05, 3.63) is 88.4 Å². The number of nitrogens with one attached hydrogen (secondary N) is 1. The Labute approximate surface area is 231 Å². The van der Waals surface area contributed by atoms with Crippen LogP contribution in [0, 0.1) is 0 Å². The molecule has 0 saturated carbocycles. The van der Waals surface area contributed by atoms with Crippen molar-refractivity contribution in [3.63, 3.8) is 0 Å². The average Bonchev–Trinajstić information content (AvgIpc) is 3.56. The Balaban J connectivity index is 1.35. The van der Waals surface area contributed by atoms with Crippen LogP contribution in [0.15, 0.2) is 66.9 Å². The lowest BCUT2D eigenvalue weighted by atomic mass is 9.99. The number of rotatable bonds is 6. The smallest absolute Gasteiger partial charge is 0.384 e. The van der Waals surface area contributed by atoms with Gasteiger partial charge in [-0.05, 0) is 77.0 Å². The first kappa shape index (κ1) is 27.3. The third-order valence-electron chi connectivity index (χ3n) is 6.53. The van der Waals surface area contributed by atoms with Crippen molar-refractivity contribution in [2.24, 2.45) is 0 Å². The molecule has 1 aliphatic heterocycles. The van der Waals surface area contributed by atoms with Gasteiger partial charge in [-0.2, -0.15) is 13.2 Å². The lowest BCUT2D eigenvalue weighted by molar-refractivity contribution is -0.136. The van der Waals surface area contributed by atoms with Gasteiger partial charge in [-0.1, -0.05) is 12.1 Å². The number of fused-ring (bicyclic) bond motifs is 1. The highest BCUT2D eigenvalue weighted by molar-refractivity contribution is 7.19. The molecule has 206 valence electrons. The lowest BCUT2D eigenvalue weighted by Crippen LogP contribution is -2.28. The average molecular weight is 569 g/mol. The first-order valence-corrected chi connectivity index (χ1v) is 13.2. The predicted octanol–water partition coefficient (Wildman–Crippen LogP) is 6.08. The third-order valence-corrected chi connectivity index (χ3v) is 7.71. The molecule has 0 spiro atoms. The molecular weight excluding hydrogens is 544 g/mol. The summed E-state index contributed by atoms with van der Waals surface area (Å²) in [6, 6.07) is 14.0. The van der Waals surface area contributed by atoms with Gasteiger partial charge < -0.3 is 16.0 Å².